The van der Waals surface area contributed by atoms with Gasteiger partial charge in [0.2, 0.25) is 12.7 Å². The molecule has 2 aliphatic rings. The zero-order chi connectivity index (χ0) is 15.0. The summed E-state index contributed by atoms with van der Waals surface area (Å²) in [5.74, 6) is 1.57. The van der Waals surface area contributed by atoms with Crippen LogP contribution in [0.25, 0.3) is 0 Å². The molecule has 1 saturated carbocycles. The number of hydrogen-bond donors (Lipinski definition) is 1. The van der Waals surface area contributed by atoms with E-state index in [2.05, 4.69) is 16.5 Å². The highest BCUT2D eigenvalue weighted by molar-refractivity contribution is 5.75. The maximum atomic E-state index is 12.0. The summed E-state index contributed by atoms with van der Waals surface area (Å²) in [7, 11) is 0. The third kappa shape index (κ3) is 2.41. The molecule has 1 aromatic heterocycles. The van der Waals surface area contributed by atoms with E-state index in [1.54, 1.807) is 17.1 Å². The Morgan fingerprint density at radius 2 is 2.18 bits per heavy atom. The molecule has 6 heteroatoms. The maximum absolute atomic E-state index is 12.0. The van der Waals surface area contributed by atoms with Crippen LogP contribution in [0.2, 0.25) is 0 Å². The molecular formula is C16H17N3O3. The molecule has 0 atom stereocenters. The number of benzene rings is 1. The largest absolute Gasteiger partial charge is 0.454 e. The second-order valence-corrected chi connectivity index (χ2v) is 5.83. The molecule has 1 N–H and O–H groups in total. The van der Waals surface area contributed by atoms with Crippen LogP contribution in [0.1, 0.15) is 18.4 Å². The lowest BCUT2D eigenvalue weighted by molar-refractivity contribution is -0.121. The zero-order valence-corrected chi connectivity index (χ0v) is 12.1. The zero-order valence-electron chi connectivity index (χ0n) is 12.1. The molecule has 2 aromatic rings. The van der Waals surface area contributed by atoms with Crippen molar-refractivity contribution >= 4 is 5.91 Å². The molecule has 1 fully saturated rings. The molecule has 0 bridgehead atoms. The molecule has 1 aliphatic carbocycles. The molecule has 22 heavy (non-hydrogen) atoms. The topological polar surface area (TPSA) is 65.4 Å². The molecule has 0 spiro atoms. The van der Waals surface area contributed by atoms with Crippen LogP contribution < -0.4 is 14.8 Å². The number of rotatable bonds is 5. The van der Waals surface area contributed by atoms with Crippen LogP contribution in [0.5, 0.6) is 11.5 Å². The van der Waals surface area contributed by atoms with E-state index in [1.807, 2.05) is 18.2 Å². The van der Waals surface area contributed by atoms with Gasteiger partial charge >= 0.3 is 0 Å². The Kier molecular flexibility index (Phi) is 3.03. The molecule has 0 unspecified atom stereocenters. The third-order valence-corrected chi connectivity index (χ3v) is 4.33. The highest BCUT2D eigenvalue weighted by Gasteiger charge is 2.44. The Hall–Kier alpha value is -2.50. The minimum absolute atomic E-state index is 0.0179. The molecule has 114 valence electrons. The van der Waals surface area contributed by atoms with Gasteiger partial charge in [-0.2, -0.15) is 5.10 Å². The first-order chi connectivity index (χ1) is 10.8. The lowest BCUT2D eigenvalue weighted by atomic mass is 9.95. The van der Waals surface area contributed by atoms with Gasteiger partial charge in [-0.1, -0.05) is 6.07 Å². The first kappa shape index (κ1) is 13.2. The summed E-state index contributed by atoms with van der Waals surface area (Å²) in [6.45, 7) is 1.18. The van der Waals surface area contributed by atoms with Gasteiger partial charge in [-0.3, -0.25) is 9.48 Å². The van der Waals surface area contributed by atoms with E-state index >= 15 is 0 Å². The van der Waals surface area contributed by atoms with Gasteiger partial charge in [0.25, 0.3) is 0 Å². The number of carbonyl (C=O) groups excluding carboxylic acids is 1. The Morgan fingerprint density at radius 1 is 1.32 bits per heavy atom. The lowest BCUT2D eigenvalue weighted by Crippen LogP contribution is -2.34. The van der Waals surface area contributed by atoms with Gasteiger partial charge in [-0.05, 0) is 36.6 Å². The summed E-state index contributed by atoms with van der Waals surface area (Å²) in [6.07, 6.45) is 5.61. The van der Waals surface area contributed by atoms with Gasteiger partial charge in [0.05, 0.1) is 0 Å². The van der Waals surface area contributed by atoms with Gasteiger partial charge in [0.15, 0.2) is 11.5 Å². The smallest absolute Gasteiger partial charge is 0.241 e. The van der Waals surface area contributed by atoms with Crippen molar-refractivity contribution in [3.05, 3.63) is 42.2 Å². The van der Waals surface area contributed by atoms with Crippen LogP contribution in [0.15, 0.2) is 36.7 Å². The Balaban J connectivity index is 1.41. The minimum Gasteiger partial charge on any atom is -0.454 e. The highest BCUT2D eigenvalue weighted by Crippen LogP contribution is 2.49. The average Bonchev–Trinajstić information content (AvgIpc) is 2.94. The monoisotopic (exact) mass is 299 g/mol. The Bertz CT molecular complexity index is 693. The van der Waals surface area contributed by atoms with Crippen molar-refractivity contribution in [1.82, 2.24) is 15.1 Å². The number of nitrogens with one attached hydrogen (secondary N) is 1. The number of carbonyl (C=O) groups is 1. The second kappa shape index (κ2) is 5.05. The van der Waals surface area contributed by atoms with Crippen molar-refractivity contribution in [3.63, 3.8) is 0 Å². The van der Waals surface area contributed by atoms with Crippen molar-refractivity contribution in [3.8, 4) is 11.5 Å². The van der Waals surface area contributed by atoms with Crippen molar-refractivity contribution in [2.75, 3.05) is 13.3 Å². The Morgan fingerprint density at radius 3 is 2.95 bits per heavy atom. The quantitative estimate of drug-likeness (QED) is 0.908. The number of nitrogens with zero attached hydrogens (tertiary/aromatic N) is 2. The van der Waals surface area contributed by atoms with Gasteiger partial charge in [0, 0.05) is 24.4 Å². The predicted octanol–water partition coefficient (Wildman–Crippen LogP) is 1.46. The van der Waals surface area contributed by atoms with Gasteiger partial charge < -0.3 is 14.8 Å². The van der Waals surface area contributed by atoms with Crippen molar-refractivity contribution in [2.45, 2.75) is 24.8 Å². The van der Waals surface area contributed by atoms with Crippen molar-refractivity contribution in [1.29, 1.82) is 0 Å². The SMILES string of the molecule is O=C(Cn1cccn1)NCC1(c2ccc3c(c2)OCO3)CC1. The molecular weight excluding hydrogens is 282 g/mol. The fourth-order valence-corrected chi connectivity index (χ4v) is 2.81. The lowest BCUT2D eigenvalue weighted by Gasteiger charge is -2.17. The highest BCUT2D eigenvalue weighted by atomic mass is 16.7. The fourth-order valence-electron chi connectivity index (χ4n) is 2.81. The summed E-state index contributed by atoms with van der Waals surface area (Å²) in [5.41, 5.74) is 1.25. The van der Waals surface area contributed by atoms with Gasteiger partial charge in [0.1, 0.15) is 6.54 Å². The molecule has 6 nitrogen and oxygen atoms in total. The summed E-state index contributed by atoms with van der Waals surface area (Å²) in [4.78, 5) is 12.0. The van der Waals surface area contributed by atoms with E-state index in [0.29, 0.717) is 6.54 Å². The summed E-state index contributed by atoms with van der Waals surface area (Å²) >= 11 is 0. The average molecular weight is 299 g/mol. The number of aromatic nitrogens is 2. The first-order valence-corrected chi connectivity index (χ1v) is 7.39. The van der Waals surface area contributed by atoms with E-state index < -0.39 is 0 Å². The summed E-state index contributed by atoms with van der Waals surface area (Å²) in [6, 6.07) is 7.86. The molecule has 2 heterocycles. The Labute approximate surface area is 128 Å². The number of hydrogen-bond acceptors (Lipinski definition) is 4. The van der Waals surface area contributed by atoms with E-state index in [9.17, 15) is 4.79 Å². The number of amides is 1. The molecule has 1 aliphatic heterocycles. The van der Waals surface area contributed by atoms with Gasteiger partial charge in [-0.25, -0.2) is 0 Å². The summed E-state index contributed by atoms with van der Waals surface area (Å²) < 4.78 is 12.4. The van der Waals surface area contributed by atoms with Crippen LogP contribution in [-0.2, 0) is 16.8 Å². The minimum atomic E-state index is -0.0179. The fraction of sp³-hybridized carbons (Fsp3) is 0.375. The van der Waals surface area contributed by atoms with Crippen molar-refractivity contribution in [2.24, 2.45) is 0 Å². The van der Waals surface area contributed by atoms with E-state index in [1.165, 1.54) is 5.56 Å². The van der Waals surface area contributed by atoms with E-state index in [4.69, 9.17) is 9.47 Å². The van der Waals surface area contributed by atoms with Gasteiger partial charge in [-0.15, -0.1) is 0 Å². The van der Waals surface area contributed by atoms with Crippen LogP contribution in [0.3, 0.4) is 0 Å². The summed E-state index contributed by atoms with van der Waals surface area (Å²) in [5, 5.41) is 7.06. The molecule has 0 radical (unpaired) electrons. The second-order valence-electron chi connectivity index (χ2n) is 5.83. The standard InChI is InChI=1S/C16H17N3O3/c20-15(9-19-7-1-6-18-19)17-10-16(4-5-16)12-2-3-13-14(8-12)22-11-21-13/h1-3,6-8H,4-5,9-11H2,(H,17,20). The molecule has 1 amide bonds. The van der Waals surface area contributed by atoms with Crippen LogP contribution in [-0.4, -0.2) is 29.0 Å². The van der Waals surface area contributed by atoms with Crippen LogP contribution in [0.4, 0.5) is 0 Å². The van der Waals surface area contributed by atoms with Crippen molar-refractivity contribution < 1.29 is 14.3 Å². The predicted molar refractivity (Wildman–Crippen MR) is 78.7 cm³/mol. The third-order valence-electron chi connectivity index (χ3n) is 4.33. The number of ether oxygens (including phenoxy) is 2. The molecule has 0 saturated heterocycles. The van der Waals surface area contributed by atoms with E-state index in [-0.39, 0.29) is 24.7 Å². The number of fused-ring (bicyclic) bond motifs is 1. The van der Waals surface area contributed by atoms with Crippen LogP contribution >= 0.6 is 0 Å². The molecule has 1 aromatic carbocycles. The van der Waals surface area contributed by atoms with Crippen LogP contribution in [0, 0.1) is 0 Å². The normalized spacial score (nSPS) is 17.3. The van der Waals surface area contributed by atoms with E-state index in [0.717, 1.165) is 24.3 Å². The first-order valence-electron chi connectivity index (χ1n) is 7.39. The molecule has 4 rings (SSSR count). The maximum Gasteiger partial charge on any atom is 0.241 e.